The second-order valence-electron chi connectivity index (χ2n) is 4.32. The Morgan fingerprint density at radius 2 is 2.11 bits per heavy atom. The summed E-state index contributed by atoms with van der Waals surface area (Å²) < 4.78 is 6.85. The monoisotopic (exact) mass is 267 g/mol. The van der Waals surface area contributed by atoms with Gasteiger partial charge < -0.3 is 25.8 Å². The average Bonchev–Trinajstić information content (AvgIpc) is 2.92. The molecule has 4 atom stereocenters. The Morgan fingerprint density at radius 1 is 1.32 bits per heavy atom. The van der Waals surface area contributed by atoms with Crippen LogP contribution in [0.3, 0.4) is 0 Å². The van der Waals surface area contributed by atoms with Crippen molar-refractivity contribution in [3.8, 4) is 0 Å². The van der Waals surface area contributed by atoms with Gasteiger partial charge in [-0.2, -0.15) is 4.98 Å². The van der Waals surface area contributed by atoms with Gasteiger partial charge in [0.15, 0.2) is 11.9 Å². The number of fused-ring (bicyclic) bond motifs is 1. The van der Waals surface area contributed by atoms with Gasteiger partial charge in [0.2, 0.25) is 5.95 Å². The lowest BCUT2D eigenvalue weighted by Gasteiger charge is -2.16. The van der Waals surface area contributed by atoms with Crippen LogP contribution in [0.4, 0.5) is 5.95 Å². The van der Waals surface area contributed by atoms with Gasteiger partial charge in [0.1, 0.15) is 23.8 Å². The number of hydrogen-bond acceptors (Lipinski definition) is 8. The highest BCUT2D eigenvalue weighted by Gasteiger charge is 2.43. The van der Waals surface area contributed by atoms with E-state index in [9.17, 15) is 10.2 Å². The molecule has 3 rings (SSSR count). The van der Waals surface area contributed by atoms with Crippen molar-refractivity contribution in [2.75, 3.05) is 12.3 Å². The molecule has 9 nitrogen and oxygen atoms in total. The molecule has 1 fully saturated rings. The molecule has 19 heavy (non-hydrogen) atoms. The lowest BCUT2D eigenvalue weighted by molar-refractivity contribution is -0.0511. The second kappa shape index (κ2) is 4.38. The summed E-state index contributed by atoms with van der Waals surface area (Å²) >= 11 is 0. The number of imidazole rings is 1. The first-order valence-electron chi connectivity index (χ1n) is 5.69. The normalized spacial score (nSPS) is 31.1. The zero-order chi connectivity index (χ0) is 13.6. The molecular formula is C10H13N5O4. The maximum absolute atomic E-state index is 9.95. The van der Waals surface area contributed by atoms with E-state index in [0.717, 1.165) is 0 Å². The topological polar surface area (TPSA) is 140 Å². The molecule has 0 amide bonds. The Labute approximate surface area is 107 Å². The summed E-state index contributed by atoms with van der Waals surface area (Å²) in [7, 11) is 0. The maximum Gasteiger partial charge on any atom is 0.222 e. The van der Waals surface area contributed by atoms with E-state index in [1.165, 1.54) is 17.1 Å². The summed E-state index contributed by atoms with van der Waals surface area (Å²) in [6.45, 7) is -0.390. The number of nitrogens with two attached hydrogens (primary N) is 1. The van der Waals surface area contributed by atoms with Crippen LogP contribution >= 0.6 is 0 Å². The first-order chi connectivity index (χ1) is 9.11. The number of anilines is 1. The van der Waals surface area contributed by atoms with Crippen LogP contribution in [0, 0.1) is 0 Å². The van der Waals surface area contributed by atoms with E-state index >= 15 is 0 Å². The van der Waals surface area contributed by atoms with Crippen LogP contribution in [-0.2, 0) is 4.74 Å². The van der Waals surface area contributed by atoms with Gasteiger partial charge >= 0.3 is 0 Å². The number of nitrogens with zero attached hydrogens (tertiary/aromatic N) is 4. The number of aliphatic hydroxyl groups is 3. The third-order valence-corrected chi connectivity index (χ3v) is 3.13. The van der Waals surface area contributed by atoms with Crippen molar-refractivity contribution in [3.63, 3.8) is 0 Å². The van der Waals surface area contributed by atoms with Crippen molar-refractivity contribution in [1.82, 2.24) is 19.5 Å². The van der Waals surface area contributed by atoms with Gasteiger partial charge in [-0.05, 0) is 0 Å². The van der Waals surface area contributed by atoms with Crippen LogP contribution in [0.1, 0.15) is 6.23 Å². The summed E-state index contributed by atoms with van der Waals surface area (Å²) in [6.07, 6.45) is -1.23. The van der Waals surface area contributed by atoms with Crippen molar-refractivity contribution >= 4 is 17.1 Å². The molecule has 0 unspecified atom stereocenters. The minimum absolute atomic E-state index is 0.0704. The predicted molar refractivity (Wildman–Crippen MR) is 62.7 cm³/mol. The number of hydrogen-bond donors (Lipinski definition) is 4. The minimum atomic E-state index is -1.19. The Hall–Kier alpha value is -1.81. The third kappa shape index (κ3) is 1.83. The van der Waals surface area contributed by atoms with Crippen molar-refractivity contribution in [2.45, 2.75) is 24.5 Å². The first-order valence-corrected chi connectivity index (χ1v) is 5.69. The van der Waals surface area contributed by atoms with Gasteiger partial charge in [-0.1, -0.05) is 0 Å². The van der Waals surface area contributed by atoms with Crippen LogP contribution in [0.25, 0.3) is 11.2 Å². The summed E-state index contributed by atoms with van der Waals surface area (Å²) in [5, 5.41) is 28.7. The fourth-order valence-corrected chi connectivity index (χ4v) is 2.14. The summed E-state index contributed by atoms with van der Waals surface area (Å²) in [6, 6.07) is 0. The van der Waals surface area contributed by atoms with Gasteiger partial charge in [0, 0.05) is 0 Å². The number of rotatable bonds is 2. The van der Waals surface area contributed by atoms with Gasteiger partial charge in [-0.25, -0.2) is 9.97 Å². The highest BCUT2D eigenvalue weighted by Crippen LogP contribution is 2.31. The average molecular weight is 267 g/mol. The molecular weight excluding hydrogens is 254 g/mol. The van der Waals surface area contributed by atoms with Crippen molar-refractivity contribution in [2.24, 2.45) is 0 Å². The highest BCUT2D eigenvalue weighted by molar-refractivity contribution is 5.70. The second-order valence-corrected chi connectivity index (χ2v) is 4.32. The summed E-state index contributed by atoms with van der Waals surface area (Å²) in [4.78, 5) is 11.9. The maximum atomic E-state index is 9.95. The zero-order valence-electron chi connectivity index (χ0n) is 9.79. The minimum Gasteiger partial charge on any atom is -0.394 e. The molecule has 1 aliphatic rings. The molecule has 9 heteroatoms. The zero-order valence-corrected chi connectivity index (χ0v) is 9.79. The van der Waals surface area contributed by atoms with Crippen LogP contribution in [0.5, 0.6) is 0 Å². The summed E-state index contributed by atoms with van der Waals surface area (Å²) in [5.41, 5.74) is 6.39. The van der Waals surface area contributed by atoms with Gasteiger partial charge in [0.05, 0.1) is 19.1 Å². The van der Waals surface area contributed by atoms with Crippen molar-refractivity contribution < 1.29 is 20.1 Å². The van der Waals surface area contributed by atoms with E-state index in [1.54, 1.807) is 0 Å². The van der Waals surface area contributed by atoms with E-state index < -0.39 is 31.1 Å². The van der Waals surface area contributed by atoms with E-state index in [-0.39, 0.29) is 5.95 Å². The molecule has 1 aliphatic heterocycles. The molecule has 0 radical (unpaired) electrons. The summed E-state index contributed by atoms with van der Waals surface area (Å²) in [5.74, 6) is 0.0704. The van der Waals surface area contributed by atoms with Gasteiger partial charge in [-0.3, -0.25) is 4.57 Å². The Balaban J connectivity index is 2.03. The smallest absolute Gasteiger partial charge is 0.222 e. The molecule has 0 aromatic carbocycles. The lowest BCUT2D eigenvalue weighted by atomic mass is 10.1. The predicted octanol–water partition coefficient (Wildman–Crippen LogP) is -1.98. The molecule has 0 bridgehead atoms. The first kappa shape index (κ1) is 12.2. The molecule has 0 aliphatic carbocycles. The highest BCUT2D eigenvalue weighted by atomic mass is 16.6. The van der Waals surface area contributed by atoms with Gasteiger partial charge in [0.25, 0.3) is 0 Å². The molecule has 2 aromatic heterocycles. The third-order valence-electron chi connectivity index (χ3n) is 3.13. The fraction of sp³-hybridized carbons (Fsp3) is 0.500. The quantitative estimate of drug-likeness (QED) is 0.491. The van der Waals surface area contributed by atoms with Crippen LogP contribution in [0.2, 0.25) is 0 Å². The Bertz CT molecular complexity index is 603. The van der Waals surface area contributed by atoms with Crippen molar-refractivity contribution in [3.05, 3.63) is 12.5 Å². The molecule has 2 aromatic rings. The molecule has 3 heterocycles. The Morgan fingerprint density at radius 3 is 2.79 bits per heavy atom. The van der Waals surface area contributed by atoms with E-state index in [1.807, 2.05) is 0 Å². The van der Waals surface area contributed by atoms with E-state index in [2.05, 4.69) is 15.0 Å². The molecule has 102 valence electrons. The number of aromatic nitrogens is 4. The lowest BCUT2D eigenvalue weighted by Crippen LogP contribution is -2.33. The molecule has 0 saturated carbocycles. The SMILES string of the molecule is Nc1ncc2ncn([C@H]3O[C@@H](CO)[C@@H](O)[C@@H]3O)c2n1. The number of nitrogen functional groups attached to an aromatic ring is 1. The molecule has 0 spiro atoms. The van der Waals surface area contributed by atoms with Gasteiger partial charge in [-0.15, -0.1) is 0 Å². The number of ether oxygens (including phenoxy) is 1. The van der Waals surface area contributed by atoms with Crippen LogP contribution in [-0.4, -0.2) is 59.8 Å². The van der Waals surface area contributed by atoms with Crippen molar-refractivity contribution in [1.29, 1.82) is 0 Å². The standard InChI is InChI=1S/C10H13N5O4/c11-10-12-1-4-8(14-10)15(3-13-4)9-7(18)6(17)5(2-16)19-9/h1,3,5-7,9,16-18H,2H2,(H2,11,12,14)/t5-,6+,7-,9-/m0/s1. The largest absolute Gasteiger partial charge is 0.394 e. The van der Waals surface area contributed by atoms with E-state index in [4.69, 9.17) is 15.6 Å². The molecule has 1 saturated heterocycles. The van der Waals surface area contributed by atoms with Crippen LogP contribution < -0.4 is 5.73 Å². The molecule has 5 N–H and O–H groups in total. The number of aliphatic hydroxyl groups excluding tert-OH is 3. The van der Waals surface area contributed by atoms with Crippen LogP contribution in [0.15, 0.2) is 12.5 Å². The fourth-order valence-electron chi connectivity index (χ4n) is 2.14. The van der Waals surface area contributed by atoms with E-state index in [0.29, 0.717) is 11.2 Å². The Kier molecular flexibility index (Phi) is 2.82.